The maximum Gasteiger partial charge on any atom is 0.126 e. The first-order chi connectivity index (χ1) is 16.5. The predicted octanol–water partition coefficient (Wildman–Crippen LogP) is 7.79. The van der Waals surface area contributed by atoms with Gasteiger partial charge in [0.15, 0.2) is 0 Å². The molecule has 1 atom stereocenters. The van der Waals surface area contributed by atoms with Crippen LogP contribution in [0.2, 0.25) is 0 Å². The summed E-state index contributed by atoms with van der Waals surface area (Å²) in [6.45, 7) is 2.11. The van der Waals surface area contributed by atoms with Crippen LogP contribution < -0.4 is 4.74 Å². The molecule has 2 fully saturated rings. The van der Waals surface area contributed by atoms with E-state index in [0.29, 0.717) is 12.3 Å². The maximum absolute atomic E-state index is 13.9. The first-order valence-corrected chi connectivity index (χ1v) is 12.9. The Labute approximate surface area is 201 Å². The van der Waals surface area contributed by atoms with Gasteiger partial charge in [-0.2, -0.15) is 0 Å². The molecule has 2 saturated carbocycles. The molecule has 34 heavy (non-hydrogen) atoms. The van der Waals surface area contributed by atoms with Crippen molar-refractivity contribution in [2.45, 2.75) is 82.3 Å². The summed E-state index contributed by atoms with van der Waals surface area (Å²) in [6.07, 6.45) is 8.94. The number of hydrogen-bond acceptors (Lipinski definition) is 2. The monoisotopic (exact) mass is 456 g/mol. The largest absolute Gasteiger partial charge is 0.487 e. The van der Waals surface area contributed by atoms with Crippen LogP contribution in [0.25, 0.3) is 11.1 Å². The summed E-state index contributed by atoms with van der Waals surface area (Å²) in [5, 5.41) is 11.5. The molecule has 0 unspecified atom stereocenters. The van der Waals surface area contributed by atoms with E-state index in [1.807, 2.05) is 12.1 Å². The van der Waals surface area contributed by atoms with Crippen LogP contribution in [-0.4, -0.2) is 10.7 Å². The van der Waals surface area contributed by atoms with Gasteiger partial charge in [-0.15, -0.1) is 0 Å². The summed E-state index contributed by atoms with van der Waals surface area (Å²) < 4.78 is 20.6. The molecule has 1 heterocycles. The lowest BCUT2D eigenvalue weighted by Gasteiger charge is -2.47. The number of hydrogen-bond donors (Lipinski definition) is 1. The Morgan fingerprint density at radius 2 is 1.68 bits per heavy atom. The molecule has 1 N–H and O–H groups in total. The zero-order valence-corrected chi connectivity index (χ0v) is 19.9. The van der Waals surface area contributed by atoms with Crippen LogP contribution in [0.5, 0.6) is 5.75 Å². The summed E-state index contributed by atoms with van der Waals surface area (Å²) >= 11 is 0. The third kappa shape index (κ3) is 3.84. The minimum atomic E-state index is -0.571. The number of aliphatic hydroxyl groups excluding tert-OH is 1. The molecule has 3 aromatic carbocycles. The number of halogens is 1. The predicted molar refractivity (Wildman–Crippen MR) is 134 cm³/mol. The topological polar surface area (TPSA) is 29.5 Å². The van der Waals surface area contributed by atoms with Gasteiger partial charge in [0.25, 0.3) is 0 Å². The van der Waals surface area contributed by atoms with Crippen molar-refractivity contribution < 1.29 is 14.2 Å². The number of fused-ring (bicyclic) bond motifs is 1. The van der Waals surface area contributed by atoms with Crippen molar-refractivity contribution in [3.8, 4) is 16.9 Å². The van der Waals surface area contributed by atoms with Gasteiger partial charge in [0, 0.05) is 12.0 Å². The van der Waals surface area contributed by atoms with Crippen molar-refractivity contribution in [3.05, 3.63) is 88.2 Å². The minimum Gasteiger partial charge on any atom is -0.487 e. The first-order valence-electron chi connectivity index (χ1n) is 12.9. The second-order valence-corrected chi connectivity index (χ2v) is 10.7. The van der Waals surface area contributed by atoms with Crippen LogP contribution in [0, 0.1) is 12.7 Å². The summed E-state index contributed by atoms with van der Waals surface area (Å²) in [4.78, 5) is 0. The van der Waals surface area contributed by atoms with Crippen molar-refractivity contribution in [1.29, 1.82) is 0 Å². The highest BCUT2D eigenvalue weighted by molar-refractivity contribution is 5.77. The number of ether oxygens (including phenoxy) is 1. The van der Waals surface area contributed by atoms with Gasteiger partial charge in [0.2, 0.25) is 0 Å². The Bertz CT molecular complexity index is 1190. The van der Waals surface area contributed by atoms with Gasteiger partial charge in [0.05, 0.1) is 6.10 Å². The van der Waals surface area contributed by atoms with Gasteiger partial charge in [-0.05, 0) is 97.4 Å². The SMILES string of the molecule is Cc1ccc(Cc2c(C3CCCC3)cc3c(c2-c2ccc(F)cc2)[C@@H](O)CC2(CCC2)O3)cc1. The van der Waals surface area contributed by atoms with Crippen LogP contribution in [0.3, 0.4) is 0 Å². The van der Waals surface area contributed by atoms with Gasteiger partial charge >= 0.3 is 0 Å². The fourth-order valence-electron chi connectivity index (χ4n) is 6.41. The van der Waals surface area contributed by atoms with E-state index in [-0.39, 0.29) is 11.4 Å². The fraction of sp³-hybridized carbons (Fsp3) is 0.419. The minimum absolute atomic E-state index is 0.210. The van der Waals surface area contributed by atoms with Crippen molar-refractivity contribution in [2.24, 2.45) is 0 Å². The summed E-state index contributed by atoms with van der Waals surface area (Å²) in [5.74, 6) is 1.12. The highest BCUT2D eigenvalue weighted by Gasteiger charge is 2.46. The first kappa shape index (κ1) is 21.9. The van der Waals surface area contributed by atoms with E-state index in [0.717, 1.165) is 48.1 Å². The molecule has 0 saturated heterocycles. The molecule has 1 spiro atoms. The van der Waals surface area contributed by atoms with Crippen LogP contribution >= 0.6 is 0 Å². The molecule has 2 aliphatic carbocycles. The Morgan fingerprint density at radius 3 is 2.32 bits per heavy atom. The van der Waals surface area contributed by atoms with Gasteiger partial charge < -0.3 is 9.84 Å². The van der Waals surface area contributed by atoms with Crippen LogP contribution in [0.4, 0.5) is 4.39 Å². The van der Waals surface area contributed by atoms with E-state index in [2.05, 4.69) is 37.3 Å². The number of aryl methyl sites for hydroxylation is 1. The zero-order valence-electron chi connectivity index (χ0n) is 19.9. The van der Waals surface area contributed by atoms with E-state index in [9.17, 15) is 9.50 Å². The average molecular weight is 457 g/mol. The van der Waals surface area contributed by atoms with Crippen molar-refractivity contribution in [2.75, 3.05) is 0 Å². The van der Waals surface area contributed by atoms with Gasteiger partial charge in [-0.25, -0.2) is 4.39 Å². The fourth-order valence-corrected chi connectivity index (χ4v) is 6.41. The Morgan fingerprint density at radius 1 is 0.971 bits per heavy atom. The molecule has 0 radical (unpaired) electrons. The second-order valence-electron chi connectivity index (χ2n) is 10.7. The molecule has 176 valence electrons. The lowest BCUT2D eigenvalue weighted by Crippen LogP contribution is -2.47. The third-order valence-corrected chi connectivity index (χ3v) is 8.39. The Hall–Kier alpha value is -2.65. The molecule has 0 amide bonds. The molecule has 2 nitrogen and oxygen atoms in total. The van der Waals surface area contributed by atoms with Crippen LogP contribution in [0.1, 0.15) is 91.2 Å². The molecular weight excluding hydrogens is 423 g/mol. The lowest BCUT2D eigenvalue weighted by molar-refractivity contribution is -0.0661. The number of rotatable bonds is 4. The van der Waals surface area contributed by atoms with E-state index in [1.165, 1.54) is 60.1 Å². The molecule has 3 aliphatic rings. The van der Waals surface area contributed by atoms with Crippen molar-refractivity contribution >= 4 is 0 Å². The smallest absolute Gasteiger partial charge is 0.126 e. The molecule has 3 heteroatoms. The summed E-state index contributed by atoms with van der Waals surface area (Å²) in [6, 6.07) is 17.8. The van der Waals surface area contributed by atoms with Gasteiger partial charge in [0.1, 0.15) is 17.2 Å². The molecule has 3 aromatic rings. The molecule has 6 rings (SSSR count). The zero-order chi connectivity index (χ0) is 23.3. The maximum atomic E-state index is 13.9. The molecule has 1 aliphatic heterocycles. The summed E-state index contributed by atoms with van der Waals surface area (Å²) in [5.41, 5.74) is 7.85. The van der Waals surface area contributed by atoms with E-state index in [1.54, 1.807) is 0 Å². The second kappa shape index (κ2) is 8.53. The number of benzene rings is 3. The van der Waals surface area contributed by atoms with E-state index < -0.39 is 6.10 Å². The van der Waals surface area contributed by atoms with Gasteiger partial charge in [-0.1, -0.05) is 54.8 Å². The van der Waals surface area contributed by atoms with Crippen LogP contribution in [-0.2, 0) is 6.42 Å². The van der Waals surface area contributed by atoms with Gasteiger partial charge in [-0.3, -0.25) is 0 Å². The van der Waals surface area contributed by atoms with E-state index >= 15 is 0 Å². The molecular formula is C31H33FO2. The lowest BCUT2D eigenvalue weighted by atomic mass is 9.71. The van der Waals surface area contributed by atoms with E-state index in [4.69, 9.17) is 4.74 Å². The Kier molecular flexibility index (Phi) is 5.49. The summed E-state index contributed by atoms with van der Waals surface area (Å²) in [7, 11) is 0. The highest BCUT2D eigenvalue weighted by Crippen LogP contribution is 2.54. The third-order valence-electron chi connectivity index (χ3n) is 8.39. The number of aliphatic hydroxyl groups is 1. The van der Waals surface area contributed by atoms with Crippen molar-refractivity contribution in [1.82, 2.24) is 0 Å². The highest BCUT2D eigenvalue weighted by atomic mass is 19.1. The molecule has 0 bridgehead atoms. The standard InChI is InChI=1S/C31H33FO2/c1-20-7-9-21(10-8-20)17-26-25(22-5-2-3-6-22)18-28-30(27(33)19-31(34-28)15-4-16-31)29(26)23-11-13-24(32)14-12-23/h7-14,18,22,27,33H,2-6,15-17,19H2,1H3/t27-/m0/s1. The Balaban J connectivity index is 1.58. The van der Waals surface area contributed by atoms with Crippen LogP contribution in [0.15, 0.2) is 54.6 Å². The average Bonchev–Trinajstić information content (AvgIpc) is 3.35. The quantitative estimate of drug-likeness (QED) is 0.434. The van der Waals surface area contributed by atoms with Crippen molar-refractivity contribution in [3.63, 3.8) is 0 Å². The molecule has 0 aromatic heterocycles. The normalized spacial score (nSPS) is 21.2.